The first kappa shape index (κ1) is 16.9. The van der Waals surface area contributed by atoms with E-state index in [9.17, 15) is 9.59 Å². The predicted octanol–water partition coefficient (Wildman–Crippen LogP) is 0.356. The van der Waals surface area contributed by atoms with Gasteiger partial charge in [0.25, 0.3) is 0 Å². The van der Waals surface area contributed by atoms with Crippen LogP contribution in [0, 0.1) is 5.92 Å². The molecule has 6 heteroatoms. The third-order valence-electron chi connectivity index (χ3n) is 2.64. The largest absolute Gasteiger partial charge is 0.481 e. The number of hydrogen-bond donors (Lipinski definition) is 3. The smallest absolute Gasteiger partial charge is 0.303 e. The second kappa shape index (κ2) is 8.88. The Morgan fingerprint density at radius 1 is 1.39 bits per heavy atom. The number of nitrogens with one attached hydrogen (secondary N) is 1. The van der Waals surface area contributed by atoms with Crippen LogP contribution in [-0.4, -0.2) is 42.3 Å². The molecule has 4 N–H and O–H groups in total. The van der Waals surface area contributed by atoms with E-state index in [-0.39, 0.29) is 30.7 Å². The van der Waals surface area contributed by atoms with Gasteiger partial charge in [0.1, 0.15) is 0 Å². The lowest BCUT2D eigenvalue weighted by Gasteiger charge is -2.23. The van der Waals surface area contributed by atoms with Gasteiger partial charge < -0.3 is 20.9 Å². The summed E-state index contributed by atoms with van der Waals surface area (Å²) in [5, 5.41) is 11.3. The molecular weight excluding hydrogens is 236 g/mol. The Morgan fingerprint density at radius 2 is 2.00 bits per heavy atom. The Balaban J connectivity index is 4.18. The fraction of sp³-hybridized carbons (Fsp3) is 0.833. The average Bonchev–Trinajstić information content (AvgIpc) is 2.30. The monoisotopic (exact) mass is 260 g/mol. The summed E-state index contributed by atoms with van der Waals surface area (Å²) in [6.45, 7) is 6.87. The Kier molecular flexibility index (Phi) is 8.32. The minimum absolute atomic E-state index is 0.103. The Morgan fingerprint density at radius 3 is 2.44 bits per heavy atom. The lowest BCUT2D eigenvalue weighted by atomic mass is 10.0. The highest BCUT2D eigenvalue weighted by Crippen LogP contribution is 2.04. The van der Waals surface area contributed by atoms with Crippen molar-refractivity contribution in [3.05, 3.63) is 0 Å². The highest BCUT2D eigenvalue weighted by atomic mass is 16.5. The number of nitrogens with two attached hydrogens (primary N) is 1. The molecule has 0 saturated carbocycles. The fourth-order valence-corrected chi connectivity index (χ4v) is 1.35. The number of rotatable bonds is 9. The van der Waals surface area contributed by atoms with E-state index >= 15 is 0 Å². The maximum absolute atomic E-state index is 11.7. The quantitative estimate of drug-likeness (QED) is 0.555. The molecule has 0 aliphatic rings. The molecule has 0 fully saturated rings. The third-order valence-corrected chi connectivity index (χ3v) is 2.64. The molecule has 0 spiro atoms. The molecule has 0 aromatic carbocycles. The molecule has 106 valence electrons. The van der Waals surface area contributed by atoms with Gasteiger partial charge in [-0.3, -0.25) is 9.59 Å². The van der Waals surface area contributed by atoms with Gasteiger partial charge >= 0.3 is 5.97 Å². The zero-order valence-electron chi connectivity index (χ0n) is 11.3. The lowest BCUT2D eigenvalue weighted by molar-refractivity contribution is -0.137. The van der Waals surface area contributed by atoms with E-state index < -0.39 is 12.0 Å². The van der Waals surface area contributed by atoms with Crippen LogP contribution in [-0.2, 0) is 14.3 Å². The third kappa shape index (κ3) is 7.24. The van der Waals surface area contributed by atoms with E-state index in [1.165, 1.54) is 0 Å². The minimum Gasteiger partial charge on any atom is -0.481 e. The van der Waals surface area contributed by atoms with Gasteiger partial charge in [-0.05, 0) is 19.3 Å². The first-order valence-corrected chi connectivity index (χ1v) is 6.24. The van der Waals surface area contributed by atoms with Crippen molar-refractivity contribution in [2.24, 2.45) is 11.7 Å². The highest BCUT2D eigenvalue weighted by molar-refractivity contribution is 5.82. The van der Waals surface area contributed by atoms with Crippen molar-refractivity contribution in [1.82, 2.24) is 5.32 Å². The van der Waals surface area contributed by atoms with Crippen LogP contribution < -0.4 is 11.1 Å². The lowest BCUT2D eigenvalue weighted by Crippen LogP contribution is -2.49. The molecule has 0 rings (SSSR count). The molecule has 18 heavy (non-hydrogen) atoms. The second-order valence-electron chi connectivity index (χ2n) is 4.56. The van der Waals surface area contributed by atoms with Crippen LogP contribution in [0.3, 0.4) is 0 Å². The van der Waals surface area contributed by atoms with E-state index in [1.807, 2.05) is 20.8 Å². The van der Waals surface area contributed by atoms with Crippen molar-refractivity contribution in [1.29, 1.82) is 0 Å². The summed E-state index contributed by atoms with van der Waals surface area (Å²) in [4.78, 5) is 22.1. The molecule has 0 heterocycles. The Bertz CT molecular complexity index is 269. The normalized spacial score (nSPS) is 14.3. The maximum Gasteiger partial charge on any atom is 0.303 e. The topological polar surface area (TPSA) is 102 Å². The number of ether oxygens (including phenoxy) is 1. The van der Waals surface area contributed by atoms with Gasteiger partial charge in [-0.2, -0.15) is 0 Å². The van der Waals surface area contributed by atoms with E-state index in [0.717, 1.165) is 0 Å². The SMILES string of the molecule is CCOCC(NC(=O)C(N)CCC(=O)O)C(C)C. The van der Waals surface area contributed by atoms with Crippen molar-refractivity contribution in [3.63, 3.8) is 0 Å². The molecule has 0 aromatic heterocycles. The number of aliphatic carboxylic acids is 1. The molecule has 2 unspecified atom stereocenters. The molecule has 0 aliphatic carbocycles. The van der Waals surface area contributed by atoms with Gasteiger partial charge in [-0.25, -0.2) is 0 Å². The number of amides is 1. The van der Waals surface area contributed by atoms with Crippen LogP contribution >= 0.6 is 0 Å². The second-order valence-corrected chi connectivity index (χ2v) is 4.56. The van der Waals surface area contributed by atoms with Crippen LogP contribution in [0.5, 0.6) is 0 Å². The van der Waals surface area contributed by atoms with E-state index in [1.54, 1.807) is 0 Å². The van der Waals surface area contributed by atoms with Gasteiger partial charge in [0, 0.05) is 13.0 Å². The molecule has 0 aliphatic heterocycles. The van der Waals surface area contributed by atoms with Crippen molar-refractivity contribution < 1.29 is 19.4 Å². The fourth-order valence-electron chi connectivity index (χ4n) is 1.35. The molecule has 0 bridgehead atoms. The number of carbonyl (C=O) groups is 2. The summed E-state index contributed by atoms with van der Waals surface area (Å²) in [7, 11) is 0. The summed E-state index contributed by atoms with van der Waals surface area (Å²) in [5.74, 6) is -1.05. The summed E-state index contributed by atoms with van der Waals surface area (Å²) < 4.78 is 5.29. The van der Waals surface area contributed by atoms with Crippen LogP contribution in [0.15, 0.2) is 0 Å². The van der Waals surface area contributed by atoms with Gasteiger partial charge in [0.05, 0.1) is 18.7 Å². The van der Waals surface area contributed by atoms with Crippen molar-refractivity contribution in [2.45, 2.75) is 45.7 Å². The molecule has 2 atom stereocenters. The van der Waals surface area contributed by atoms with Gasteiger partial charge in [-0.15, -0.1) is 0 Å². The molecule has 0 saturated heterocycles. The molecule has 0 aromatic rings. The van der Waals surface area contributed by atoms with Gasteiger partial charge in [0.15, 0.2) is 0 Å². The van der Waals surface area contributed by atoms with Crippen molar-refractivity contribution in [2.75, 3.05) is 13.2 Å². The minimum atomic E-state index is -0.951. The average molecular weight is 260 g/mol. The Hall–Kier alpha value is -1.14. The van der Waals surface area contributed by atoms with Crippen LogP contribution in [0.25, 0.3) is 0 Å². The molecule has 1 amide bonds. The van der Waals surface area contributed by atoms with E-state index in [0.29, 0.717) is 13.2 Å². The summed E-state index contributed by atoms with van der Waals surface area (Å²) in [6, 6.07) is -0.891. The van der Waals surface area contributed by atoms with Crippen LogP contribution in [0.1, 0.15) is 33.6 Å². The first-order chi connectivity index (χ1) is 8.38. The first-order valence-electron chi connectivity index (χ1n) is 6.24. The van der Waals surface area contributed by atoms with Crippen LogP contribution in [0.4, 0.5) is 0 Å². The zero-order chi connectivity index (χ0) is 14.1. The molecular formula is C12H24N2O4. The Labute approximate surface area is 108 Å². The van der Waals surface area contributed by atoms with E-state index in [2.05, 4.69) is 5.32 Å². The number of hydrogen-bond acceptors (Lipinski definition) is 4. The predicted molar refractivity (Wildman–Crippen MR) is 68.1 cm³/mol. The number of carbonyl (C=O) groups excluding carboxylic acids is 1. The van der Waals surface area contributed by atoms with Gasteiger partial charge in [-0.1, -0.05) is 13.8 Å². The molecule has 0 radical (unpaired) electrons. The summed E-state index contributed by atoms with van der Waals surface area (Å²) in [5.41, 5.74) is 5.63. The number of carboxylic acid groups (broad SMARTS) is 1. The standard InChI is InChI=1S/C12H24N2O4/c1-4-18-7-10(8(2)3)14-12(17)9(13)5-6-11(15)16/h8-10H,4-7,13H2,1-3H3,(H,14,17)(H,15,16). The zero-order valence-corrected chi connectivity index (χ0v) is 11.3. The highest BCUT2D eigenvalue weighted by Gasteiger charge is 2.21. The van der Waals surface area contributed by atoms with E-state index in [4.69, 9.17) is 15.6 Å². The number of carboxylic acids is 1. The van der Waals surface area contributed by atoms with Crippen LogP contribution in [0.2, 0.25) is 0 Å². The summed E-state index contributed by atoms with van der Waals surface area (Å²) >= 11 is 0. The molecule has 6 nitrogen and oxygen atoms in total. The van der Waals surface area contributed by atoms with Crippen molar-refractivity contribution in [3.8, 4) is 0 Å². The maximum atomic E-state index is 11.7. The summed E-state index contributed by atoms with van der Waals surface area (Å²) in [6.07, 6.45) is 0.0347. The van der Waals surface area contributed by atoms with Crippen molar-refractivity contribution >= 4 is 11.9 Å². The van der Waals surface area contributed by atoms with Gasteiger partial charge in [0.2, 0.25) is 5.91 Å².